The maximum atomic E-state index is 8.82. The van der Waals surface area contributed by atoms with Gasteiger partial charge in [-0.05, 0) is 5.10 Å². The molecular formula is C5H4N4O+. The molecule has 49 valence electrons. The van der Waals surface area contributed by atoms with Crippen LogP contribution in [0.25, 0.3) is 5.65 Å². The quantitative estimate of drug-likeness (QED) is 0.459. The van der Waals surface area contributed by atoms with Gasteiger partial charge in [-0.2, -0.15) is 0 Å². The molecule has 0 amide bonds. The molecule has 0 spiro atoms. The lowest BCUT2D eigenvalue weighted by Crippen LogP contribution is -2.23. The number of rotatable bonds is 0. The Morgan fingerprint density at radius 1 is 1.70 bits per heavy atom. The second-order valence-electron chi connectivity index (χ2n) is 1.79. The molecule has 5 heteroatoms. The minimum absolute atomic E-state index is 0.135. The molecule has 2 aromatic heterocycles. The summed E-state index contributed by atoms with van der Waals surface area (Å²) in [6.07, 6.45) is 4.10. The van der Waals surface area contributed by atoms with E-state index in [0.717, 1.165) is 0 Å². The van der Waals surface area contributed by atoms with E-state index in [4.69, 9.17) is 5.11 Å². The predicted octanol–water partition coefficient (Wildman–Crippen LogP) is -0.951. The van der Waals surface area contributed by atoms with E-state index in [2.05, 4.69) is 21.4 Å². The van der Waals surface area contributed by atoms with Crippen molar-refractivity contribution in [2.45, 2.75) is 0 Å². The van der Waals surface area contributed by atoms with E-state index in [1.165, 1.54) is 4.52 Å². The highest BCUT2D eigenvalue weighted by Crippen LogP contribution is 1.94. The molecule has 2 aromatic rings. The van der Waals surface area contributed by atoms with E-state index in [0.29, 0.717) is 5.65 Å². The zero-order valence-electron chi connectivity index (χ0n) is 4.94. The smallest absolute Gasteiger partial charge is 0.385 e. The Balaban J connectivity index is 2.88. The van der Waals surface area contributed by atoms with E-state index < -0.39 is 0 Å². The summed E-state index contributed by atoms with van der Waals surface area (Å²) >= 11 is 0. The Morgan fingerprint density at radius 2 is 2.60 bits per heavy atom. The Labute approximate surface area is 56.0 Å². The van der Waals surface area contributed by atoms with E-state index >= 15 is 0 Å². The normalized spacial score (nSPS) is 10.4. The molecule has 2 heterocycles. The standard InChI is InChI=1S/C5H4N4O/c10-5-7-4-1-2-6-3-9(4)8-5/h1-2H,(H2,7,8,10)/q+1. The highest BCUT2D eigenvalue weighted by atomic mass is 16.3. The first-order valence-corrected chi connectivity index (χ1v) is 2.70. The van der Waals surface area contributed by atoms with Crippen molar-refractivity contribution in [2.24, 2.45) is 0 Å². The number of aromatic nitrogens is 4. The fourth-order valence-electron chi connectivity index (χ4n) is 0.725. The third kappa shape index (κ3) is 0.604. The number of aromatic amines is 1. The first-order chi connectivity index (χ1) is 4.86. The Bertz CT molecular complexity index is 322. The average molecular weight is 136 g/mol. The van der Waals surface area contributed by atoms with Gasteiger partial charge in [0.2, 0.25) is 0 Å². The van der Waals surface area contributed by atoms with Gasteiger partial charge in [-0.3, -0.25) is 0 Å². The lowest BCUT2D eigenvalue weighted by atomic mass is 10.6. The molecule has 0 aromatic carbocycles. The monoisotopic (exact) mass is 136 g/mol. The third-order valence-corrected chi connectivity index (χ3v) is 1.12. The van der Waals surface area contributed by atoms with Crippen molar-refractivity contribution in [3.05, 3.63) is 18.6 Å². The van der Waals surface area contributed by atoms with E-state index in [1.54, 1.807) is 12.3 Å². The van der Waals surface area contributed by atoms with E-state index in [9.17, 15) is 0 Å². The highest BCUT2D eigenvalue weighted by molar-refractivity contribution is 5.26. The number of nitrogens with zero attached hydrogens (tertiary/aromatic N) is 3. The van der Waals surface area contributed by atoms with Gasteiger partial charge < -0.3 is 5.11 Å². The molecule has 2 rings (SSSR count). The van der Waals surface area contributed by atoms with Crippen molar-refractivity contribution >= 4 is 5.65 Å². The SMILES string of the molecule is Oc1n[n+]2[c]nccc2[nH]1. The van der Waals surface area contributed by atoms with Crippen LogP contribution in [-0.4, -0.2) is 20.2 Å². The second kappa shape index (κ2) is 1.66. The van der Waals surface area contributed by atoms with Gasteiger partial charge in [-0.25, -0.2) is 4.98 Å². The van der Waals surface area contributed by atoms with Crippen LogP contribution in [0.1, 0.15) is 0 Å². The molecule has 1 radical (unpaired) electrons. The van der Waals surface area contributed by atoms with Crippen LogP contribution in [0.15, 0.2) is 12.3 Å². The summed E-state index contributed by atoms with van der Waals surface area (Å²) in [5.74, 6) is 0. The Morgan fingerprint density at radius 3 is 3.40 bits per heavy atom. The number of H-pyrrole nitrogens is 1. The summed E-state index contributed by atoms with van der Waals surface area (Å²) in [5.41, 5.74) is 0.660. The van der Waals surface area contributed by atoms with Crippen molar-refractivity contribution < 1.29 is 9.62 Å². The molecule has 0 aliphatic carbocycles. The first kappa shape index (κ1) is 5.16. The minimum atomic E-state index is -0.135. The summed E-state index contributed by atoms with van der Waals surface area (Å²) < 4.78 is 1.33. The van der Waals surface area contributed by atoms with Crippen LogP contribution in [0.5, 0.6) is 6.01 Å². The van der Waals surface area contributed by atoms with Crippen molar-refractivity contribution in [1.82, 2.24) is 15.1 Å². The van der Waals surface area contributed by atoms with Crippen molar-refractivity contribution in [1.29, 1.82) is 0 Å². The molecule has 0 aliphatic rings. The summed E-state index contributed by atoms with van der Waals surface area (Å²) in [7, 11) is 0. The second-order valence-corrected chi connectivity index (χ2v) is 1.79. The van der Waals surface area contributed by atoms with Crippen LogP contribution in [0.3, 0.4) is 0 Å². The maximum Gasteiger partial charge on any atom is 0.385 e. The van der Waals surface area contributed by atoms with Gasteiger partial charge >= 0.3 is 12.3 Å². The first-order valence-electron chi connectivity index (χ1n) is 2.70. The zero-order valence-corrected chi connectivity index (χ0v) is 4.94. The third-order valence-electron chi connectivity index (χ3n) is 1.12. The Hall–Kier alpha value is -1.65. The molecule has 10 heavy (non-hydrogen) atoms. The van der Waals surface area contributed by atoms with Gasteiger partial charge in [0.15, 0.2) is 0 Å². The van der Waals surface area contributed by atoms with Crippen LogP contribution in [0.2, 0.25) is 0 Å². The van der Waals surface area contributed by atoms with Crippen molar-refractivity contribution in [3.8, 4) is 6.01 Å². The van der Waals surface area contributed by atoms with Gasteiger partial charge in [0.25, 0.3) is 5.65 Å². The molecule has 0 saturated heterocycles. The predicted molar refractivity (Wildman–Crippen MR) is 30.0 cm³/mol. The van der Waals surface area contributed by atoms with Crippen LogP contribution >= 0.6 is 0 Å². The largest absolute Gasteiger partial charge is 0.467 e. The minimum Gasteiger partial charge on any atom is -0.467 e. The fraction of sp³-hybridized carbons (Fsp3) is 0. The van der Waals surface area contributed by atoms with Gasteiger partial charge in [0.05, 0.1) is 0 Å². The maximum absolute atomic E-state index is 8.82. The lowest BCUT2D eigenvalue weighted by Gasteiger charge is -1.72. The van der Waals surface area contributed by atoms with Crippen LogP contribution in [0.4, 0.5) is 0 Å². The summed E-state index contributed by atoms with van der Waals surface area (Å²) in [5, 5.41) is 12.4. The highest BCUT2D eigenvalue weighted by Gasteiger charge is 2.04. The van der Waals surface area contributed by atoms with Gasteiger partial charge in [0, 0.05) is 6.07 Å². The number of fused-ring (bicyclic) bond motifs is 1. The molecule has 0 aliphatic heterocycles. The molecule has 0 fully saturated rings. The zero-order chi connectivity index (χ0) is 6.97. The van der Waals surface area contributed by atoms with Crippen LogP contribution < -0.4 is 4.52 Å². The van der Waals surface area contributed by atoms with Crippen molar-refractivity contribution in [2.75, 3.05) is 0 Å². The van der Waals surface area contributed by atoms with Crippen molar-refractivity contribution in [3.63, 3.8) is 0 Å². The Kier molecular flexibility index (Phi) is 0.858. The average Bonchev–Trinajstić information content (AvgIpc) is 2.27. The van der Waals surface area contributed by atoms with Crippen LogP contribution in [0, 0.1) is 6.33 Å². The summed E-state index contributed by atoms with van der Waals surface area (Å²) in [4.78, 5) is 6.27. The van der Waals surface area contributed by atoms with Gasteiger partial charge in [-0.1, -0.05) is 4.52 Å². The van der Waals surface area contributed by atoms with Gasteiger partial charge in [0.1, 0.15) is 6.20 Å². The van der Waals surface area contributed by atoms with E-state index in [1.807, 2.05) is 0 Å². The number of hydrogen-bond acceptors (Lipinski definition) is 3. The number of nitrogens with one attached hydrogen (secondary N) is 1. The summed E-state index contributed by atoms with van der Waals surface area (Å²) in [6.45, 7) is 0. The molecule has 0 saturated carbocycles. The van der Waals surface area contributed by atoms with E-state index in [-0.39, 0.29) is 6.01 Å². The molecular weight excluding hydrogens is 132 g/mol. The molecule has 0 atom stereocenters. The topological polar surface area (TPSA) is 65.9 Å². The molecule has 0 unspecified atom stereocenters. The molecule has 2 N–H and O–H groups in total. The van der Waals surface area contributed by atoms with Crippen LogP contribution in [-0.2, 0) is 0 Å². The lowest BCUT2D eigenvalue weighted by molar-refractivity contribution is -0.586. The van der Waals surface area contributed by atoms with Gasteiger partial charge in [-0.15, -0.1) is 4.98 Å². The number of aromatic hydroxyl groups is 1. The summed E-state index contributed by atoms with van der Waals surface area (Å²) in [6, 6.07) is 1.55. The fourth-order valence-corrected chi connectivity index (χ4v) is 0.725. The molecule has 0 bridgehead atoms. The number of hydrogen-bond donors (Lipinski definition) is 2. The molecule has 5 nitrogen and oxygen atoms in total.